The maximum atomic E-state index is 11.9. The Hall–Kier alpha value is -1.48. The van der Waals surface area contributed by atoms with Crippen LogP contribution in [0.15, 0.2) is 35.3 Å². The second kappa shape index (κ2) is 4.58. The van der Waals surface area contributed by atoms with Gasteiger partial charge < -0.3 is 5.11 Å². The molecule has 1 N–H and O–H groups in total. The first kappa shape index (κ1) is 11.0. The molecule has 1 aliphatic rings. The van der Waals surface area contributed by atoms with Gasteiger partial charge in [0.1, 0.15) is 6.10 Å². The van der Waals surface area contributed by atoms with Crippen LogP contribution in [-0.2, 0) is 0 Å². The van der Waals surface area contributed by atoms with Crippen LogP contribution in [0.3, 0.4) is 0 Å². The normalized spacial score (nSPS) is 21.6. The average Bonchev–Trinajstić information content (AvgIpc) is 2.75. The number of nitrogens with zero attached hydrogens (tertiary/aromatic N) is 1. The van der Waals surface area contributed by atoms with E-state index in [0.717, 1.165) is 18.6 Å². The van der Waals surface area contributed by atoms with Gasteiger partial charge in [-0.15, -0.1) is 0 Å². The van der Waals surface area contributed by atoms with E-state index in [2.05, 4.69) is 4.99 Å². The quantitative estimate of drug-likeness (QED) is 0.785. The van der Waals surface area contributed by atoms with Gasteiger partial charge in [0.2, 0.25) is 0 Å². The van der Waals surface area contributed by atoms with Gasteiger partial charge in [-0.3, -0.25) is 9.79 Å². The fraction of sp³-hybridized carbons (Fsp3) is 0.385. The molecule has 0 aliphatic carbocycles. The van der Waals surface area contributed by atoms with Crippen molar-refractivity contribution in [3.63, 3.8) is 0 Å². The highest BCUT2D eigenvalue weighted by atomic mass is 16.3. The summed E-state index contributed by atoms with van der Waals surface area (Å²) in [4.78, 5) is 16.2. The number of rotatable bonds is 3. The molecular formula is C13H15NO2. The molecule has 0 saturated carbocycles. The molecule has 0 unspecified atom stereocenters. The van der Waals surface area contributed by atoms with E-state index in [9.17, 15) is 9.90 Å². The second-order valence-corrected chi connectivity index (χ2v) is 4.15. The topological polar surface area (TPSA) is 49.7 Å². The Morgan fingerprint density at radius 3 is 2.69 bits per heavy atom. The van der Waals surface area contributed by atoms with Crippen LogP contribution in [0, 0.1) is 0 Å². The van der Waals surface area contributed by atoms with Crippen molar-refractivity contribution in [2.24, 2.45) is 4.99 Å². The van der Waals surface area contributed by atoms with Gasteiger partial charge in [0, 0.05) is 11.3 Å². The maximum absolute atomic E-state index is 11.9. The van der Waals surface area contributed by atoms with Crippen LogP contribution in [0.1, 0.15) is 30.1 Å². The van der Waals surface area contributed by atoms with E-state index in [1.807, 2.05) is 13.0 Å². The van der Waals surface area contributed by atoms with E-state index in [1.54, 1.807) is 24.3 Å². The highest BCUT2D eigenvalue weighted by Gasteiger charge is 2.29. The second-order valence-electron chi connectivity index (χ2n) is 4.15. The first-order valence-electron chi connectivity index (χ1n) is 5.49. The molecule has 0 amide bonds. The van der Waals surface area contributed by atoms with Gasteiger partial charge in [-0.1, -0.05) is 30.3 Å². The average molecular weight is 217 g/mol. The number of ketones is 1. The first-order chi connectivity index (χ1) is 7.68. The number of carbonyl (C=O) groups excluding carboxylic acids is 1. The van der Waals surface area contributed by atoms with E-state index < -0.39 is 6.10 Å². The molecule has 1 aromatic carbocycles. The molecule has 0 bridgehead atoms. The van der Waals surface area contributed by atoms with Crippen molar-refractivity contribution in [1.29, 1.82) is 0 Å². The molecular weight excluding hydrogens is 202 g/mol. The summed E-state index contributed by atoms with van der Waals surface area (Å²) in [6.45, 7) is 1.93. The van der Waals surface area contributed by atoms with Gasteiger partial charge in [0.05, 0.1) is 6.04 Å². The molecule has 0 spiro atoms. The lowest BCUT2D eigenvalue weighted by atomic mass is 9.99. The number of Topliss-reactive ketones (excluding diaryl/α,β-unsaturated/α-hetero) is 1. The Bertz CT molecular complexity index is 411. The molecule has 0 saturated heterocycles. The van der Waals surface area contributed by atoms with Gasteiger partial charge in [0.25, 0.3) is 0 Å². The third-order valence-electron chi connectivity index (χ3n) is 2.88. The summed E-state index contributed by atoms with van der Waals surface area (Å²) in [6.07, 6.45) is 0.648. The molecule has 16 heavy (non-hydrogen) atoms. The number of aliphatic hydroxyl groups excluding tert-OH is 1. The van der Waals surface area contributed by atoms with Gasteiger partial charge in [-0.2, -0.15) is 0 Å². The Balaban J connectivity index is 2.11. The number of hydrogen-bond acceptors (Lipinski definition) is 3. The lowest BCUT2D eigenvalue weighted by Gasteiger charge is -2.14. The lowest BCUT2D eigenvalue weighted by Crippen LogP contribution is -2.31. The Morgan fingerprint density at radius 2 is 2.12 bits per heavy atom. The molecule has 0 aromatic heterocycles. The summed E-state index contributed by atoms with van der Waals surface area (Å²) >= 11 is 0. The molecule has 84 valence electrons. The minimum Gasteiger partial charge on any atom is -0.383 e. The highest BCUT2D eigenvalue weighted by molar-refractivity contribution is 6.00. The van der Waals surface area contributed by atoms with Gasteiger partial charge in [0.15, 0.2) is 5.78 Å². The summed E-state index contributed by atoms with van der Waals surface area (Å²) in [5.74, 6) is -0.232. The zero-order chi connectivity index (χ0) is 11.5. The van der Waals surface area contributed by atoms with Crippen molar-refractivity contribution in [3.8, 4) is 0 Å². The standard InChI is InChI=1S/C13H15NO2/c1-9-7-8-11(14-9)13(16)12(15)10-5-3-2-4-6-10/h2-6,11,13,16H,7-8H2,1H3/t11-,13-/m1/s1. The molecule has 3 heteroatoms. The number of hydrogen-bond donors (Lipinski definition) is 1. The van der Waals surface area contributed by atoms with Crippen molar-refractivity contribution in [2.75, 3.05) is 0 Å². The van der Waals surface area contributed by atoms with Crippen LogP contribution < -0.4 is 0 Å². The van der Waals surface area contributed by atoms with E-state index >= 15 is 0 Å². The first-order valence-corrected chi connectivity index (χ1v) is 5.49. The van der Waals surface area contributed by atoms with Crippen molar-refractivity contribution in [2.45, 2.75) is 31.9 Å². The third-order valence-corrected chi connectivity index (χ3v) is 2.88. The van der Waals surface area contributed by atoms with E-state index in [1.165, 1.54) is 0 Å². The molecule has 2 rings (SSSR count). The van der Waals surface area contributed by atoms with Crippen LogP contribution in [0.2, 0.25) is 0 Å². The summed E-state index contributed by atoms with van der Waals surface area (Å²) in [5.41, 5.74) is 1.57. The van der Waals surface area contributed by atoms with E-state index in [4.69, 9.17) is 0 Å². The SMILES string of the molecule is CC1=N[C@@H]([C@@H](O)C(=O)c2ccccc2)CC1. The number of aliphatic hydroxyl groups is 1. The molecule has 0 radical (unpaired) electrons. The van der Waals surface area contributed by atoms with Crippen LogP contribution in [0.5, 0.6) is 0 Å². The molecule has 2 atom stereocenters. The molecule has 3 nitrogen and oxygen atoms in total. The van der Waals surface area contributed by atoms with E-state index in [-0.39, 0.29) is 11.8 Å². The fourth-order valence-corrected chi connectivity index (χ4v) is 1.95. The zero-order valence-corrected chi connectivity index (χ0v) is 9.26. The van der Waals surface area contributed by atoms with Crippen LogP contribution in [0.4, 0.5) is 0 Å². The van der Waals surface area contributed by atoms with Crippen LogP contribution >= 0.6 is 0 Å². The zero-order valence-electron chi connectivity index (χ0n) is 9.26. The highest BCUT2D eigenvalue weighted by Crippen LogP contribution is 2.19. The minimum atomic E-state index is -1.00. The lowest BCUT2D eigenvalue weighted by molar-refractivity contribution is 0.0696. The Labute approximate surface area is 94.8 Å². The molecule has 0 fully saturated rings. The van der Waals surface area contributed by atoms with Gasteiger partial charge in [-0.25, -0.2) is 0 Å². The molecule has 1 aliphatic heterocycles. The third kappa shape index (κ3) is 2.19. The Kier molecular flexibility index (Phi) is 3.15. The van der Waals surface area contributed by atoms with E-state index in [0.29, 0.717) is 5.56 Å². The molecule has 1 heterocycles. The number of aliphatic imine (C=N–C) groups is 1. The van der Waals surface area contributed by atoms with Gasteiger partial charge >= 0.3 is 0 Å². The predicted octanol–water partition coefficient (Wildman–Crippen LogP) is 1.85. The largest absolute Gasteiger partial charge is 0.383 e. The maximum Gasteiger partial charge on any atom is 0.193 e. The molecule has 1 aromatic rings. The summed E-state index contributed by atoms with van der Waals surface area (Å²) in [5, 5.41) is 9.93. The van der Waals surface area contributed by atoms with Crippen molar-refractivity contribution < 1.29 is 9.90 Å². The smallest absolute Gasteiger partial charge is 0.193 e. The summed E-state index contributed by atoms with van der Waals surface area (Å²) in [6, 6.07) is 8.62. The monoisotopic (exact) mass is 217 g/mol. The van der Waals surface area contributed by atoms with Crippen LogP contribution in [-0.4, -0.2) is 28.7 Å². The predicted molar refractivity (Wildman–Crippen MR) is 62.9 cm³/mol. The summed E-state index contributed by atoms with van der Waals surface area (Å²) in [7, 11) is 0. The van der Waals surface area contributed by atoms with Crippen molar-refractivity contribution in [1.82, 2.24) is 0 Å². The Morgan fingerprint density at radius 1 is 1.44 bits per heavy atom. The van der Waals surface area contributed by atoms with Crippen LogP contribution in [0.25, 0.3) is 0 Å². The van der Waals surface area contributed by atoms with Crippen molar-refractivity contribution >= 4 is 11.5 Å². The summed E-state index contributed by atoms with van der Waals surface area (Å²) < 4.78 is 0. The minimum absolute atomic E-state index is 0.232. The number of benzene rings is 1. The van der Waals surface area contributed by atoms with Crippen molar-refractivity contribution in [3.05, 3.63) is 35.9 Å². The fourth-order valence-electron chi connectivity index (χ4n) is 1.95. The number of carbonyl (C=O) groups is 1. The van der Waals surface area contributed by atoms with Gasteiger partial charge in [-0.05, 0) is 19.8 Å².